The van der Waals surface area contributed by atoms with Crippen LogP contribution < -0.4 is 4.90 Å². The van der Waals surface area contributed by atoms with Crippen LogP contribution in [0.25, 0.3) is 0 Å². The molecule has 102 valence electrons. The minimum Gasteiger partial charge on any atom is -0.481 e. The van der Waals surface area contributed by atoms with Gasteiger partial charge in [0.1, 0.15) is 0 Å². The van der Waals surface area contributed by atoms with Crippen LogP contribution in [-0.4, -0.2) is 24.0 Å². The summed E-state index contributed by atoms with van der Waals surface area (Å²) in [6.07, 6.45) is 1.18. The third-order valence-corrected chi connectivity index (χ3v) is 3.90. The van der Waals surface area contributed by atoms with Crippen LogP contribution in [0.1, 0.15) is 37.8 Å². The summed E-state index contributed by atoms with van der Waals surface area (Å²) >= 11 is 0. The lowest BCUT2D eigenvalue weighted by atomic mass is 9.80. The van der Waals surface area contributed by atoms with Gasteiger partial charge in [0.2, 0.25) is 5.91 Å². The molecule has 1 aromatic rings. The van der Waals surface area contributed by atoms with Gasteiger partial charge in [-0.1, -0.05) is 26.0 Å². The second-order valence-corrected chi connectivity index (χ2v) is 5.75. The number of hydrogen-bond acceptors (Lipinski definition) is 2. The normalized spacial score (nSPS) is 14.7. The molecule has 0 atom stereocenters. The van der Waals surface area contributed by atoms with Crippen molar-refractivity contribution in [2.45, 2.75) is 38.5 Å². The second-order valence-electron chi connectivity index (χ2n) is 5.75. The van der Waals surface area contributed by atoms with Gasteiger partial charge in [0.05, 0.1) is 6.42 Å². The molecule has 0 spiro atoms. The maximum Gasteiger partial charge on any atom is 0.303 e. The zero-order valence-electron chi connectivity index (χ0n) is 11.6. The van der Waals surface area contributed by atoms with E-state index in [2.05, 4.69) is 0 Å². The van der Waals surface area contributed by atoms with Crippen molar-refractivity contribution < 1.29 is 14.7 Å². The van der Waals surface area contributed by atoms with E-state index in [0.717, 1.165) is 16.8 Å². The summed E-state index contributed by atoms with van der Waals surface area (Å²) in [7, 11) is 1.78. The fraction of sp³-hybridized carbons (Fsp3) is 0.467. The summed E-state index contributed by atoms with van der Waals surface area (Å²) in [6.45, 7) is 4.08. The van der Waals surface area contributed by atoms with Gasteiger partial charge in [0.15, 0.2) is 0 Å². The van der Waals surface area contributed by atoms with Gasteiger partial charge in [-0.25, -0.2) is 0 Å². The van der Waals surface area contributed by atoms with E-state index < -0.39 is 5.97 Å². The quantitative estimate of drug-likeness (QED) is 0.905. The van der Waals surface area contributed by atoms with E-state index in [1.807, 2.05) is 32.0 Å². The molecule has 1 aliphatic heterocycles. The highest BCUT2D eigenvalue weighted by atomic mass is 16.4. The van der Waals surface area contributed by atoms with Gasteiger partial charge in [0.25, 0.3) is 0 Å². The number of carbonyl (C=O) groups excluding carboxylic acids is 1. The van der Waals surface area contributed by atoms with Crippen LogP contribution >= 0.6 is 0 Å². The number of benzene rings is 1. The monoisotopic (exact) mass is 261 g/mol. The minimum absolute atomic E-state index is 0.107. The number of amides is 1. The molecule has 1 N–H and O–H groups in total. The molecule has 4 heteroatoms. The first-order chi connectivity index (χ1) is 8.81. The number of hydrogen-bond donors (Lipinski definition) is 1. The molecule has 1 aromatic carbocycles. The summed E-state index contributed by atoms with van der Waals surface area (Å²) in [5.41, 5.74) is 2.89. The third kappa shape index (κ3) is 2.62. The van der Waals surface area contributed by atoms with Gasteiger partial charge in [-0.05, 0) is 29.0 Å². The fourth-order valence-corrected chi connectivity index (χ4v) is 2.45. The molecule has 0 radical (unpaired) electrons. The van der Waals surface area contributed by atoms with Crippen LogP contribution in [0, 0.1) is 0 Å². The maximum absolute atomic E-state index is 11.7. The Bertz CT molecular complexity index is 534. The van der Waals surface area contributed by atoms with Crippen LogP contribution in [0.15, 0.2) is 18.2 Å². The van der Waals surface area contributed by atoms with Gasteiger partial charge in [-0.15, -0.1) is 0 Å². The Kier molecular flexibility index (Phi) is 3.35. The molecule has 0 saturated heterocycles. The number of aliphatic carboxylic acids is 1. The zero-order valence-corrected chi connectivity index (χ0v) is 11.6. The minimum atomic E-state index is -0.774. The van der Waals surface area contributed by atoms with Crippen molar-refractivity contribution >= 4 is 17.6 Å². The first-order valence-corrected chi connectivity index (χ1v) is 6.43. The number of rotatable bonds is 4. The van der Waals surface area contributed by atoms with E-state index in [0.29, 0.717) is 12.8 Å². The van der Waals surface area contributed by atoms with Crippen LogP contribution in [0.4, 0.5) is 5.69 Å². The standard InChI is InChI=1S/C15H19NO3/c1-15(2,7-6-14(18)19)11-4-5-12-10(8-11)9-13(17)16(12)3/h4-5,8H,6-7,9H2,1-3H3,(H,18,19). The SMILES string of the molecule is CN1C(=O)Cc2cc(C(C)(C)CCC(=O)O)ccc21. The summed E-state index contributed by atoms with van der Waals surface area (Å²) < 4.78 is 0. The molecule has 0 saturated carbocycles. The molecule has 19 heavy (non-hydrogen) atoms. The van der Waals surface area contributed by atoms with Crippen LogP contribution in [0.5, 0.6) is 0 Å². The molecule has 1 heterocycles. The molecular formula is C15H19NO3. The zero-order chi connectivity index (χ0) is 14.2. The molecule has 0 unspecified atom stereocenters. The number of anilines is 1. The topological polar surface area (TPSA) is 57.6 Å². The number of carboxylic acid groups (broad SMARTS) is 1. The van der Waals surface area contributed by atoms with Crippen molar-refractivity contribution in [2.24, 2.45) is 0 Å². The molecule has 0 bridgehead atoms. The van der Waals surface area contributed by atoms with Gasteiger partial charge in [-0.2, -0.15) is 0 Å². The first kappa shape index (κ1) is 13.6. The van der Waals surface area contributed by atoms with Crippen molar-refractivity contribution in [1.29, 1.82) is 0 Å². The Hall–Kier alpha value is -1.84. The molecule has 4 nitrogen and oxygen atoms in total. The average Bonchev–Trinajstić information content (AvgIpc) is 2.62. The van der Waals surface area contributed by atoms with E-state index in [4.69, 9.17) is 5.11 Å². The molecule has 0 aromatic heterocycles. The van der Waals surface area contributed by atoms with Crippen molar-refractivity contribution in [1.82, 2.24) is 0 Å². The summed E-state index contributed by atoms with van der Waals surface area (Å²) in [4.78, 5) is 24.0. The van der Waals surface area contributed by atoms with Crippen molar-refractivity contribution in [3.63, 3.8) is 0 Å². The molecule has 0 aliphatic carbocycles. The highest BCUT2D eigenvalue weighted by Gasteiger charge is 2.27. The highest BCUT2D eigenvalue weighted by molar-refractivity contribution is 6.00. The summed E-state index contributed by atoms with van der Waals surface area (Å²) in [5.74, 6) is -0.667. The predicted molar refractivity (Wildman–Crippen MR) is 73.5 cm³/mol. The number of nitrogens with zero attached hydrogens (tertiary/aromatic N) is 1. The average molecular weight is 261 g/mol. The Morgan fingerprint density at radius 1 is 1.42 bits per heavy atom. The van der Waals surface area contributed by atoms with Crippen LogP contribution in [0.3, 0.4) is 0 Å². The number of fused-ring (bicyclic) bond motifs is 1. The smallest absolute Gasteiger partial charge is 0.303 e. The highest BCUT2D eigenvalue weighted by Crippen LogP contribution is 2.34. The largest absolute Gasteiger partial charge is 0.481 e. The van der Waals surface area contributed by atoms with Crippen molar-refractivity contribution in [3.05, 3.63) is 29.3 Å². The van der Waals surface area contributed by atoms with E-state index in [-0.39, 0.29) is 17.7 Å². The van der Waals surface area contributed by atoms with Gasteiger partial charge in [0, 0.05) is 19.2 Å². The molecule has 0 fully saturated rings. The Morgan fingerprint density at radius 2 is 2.11 bits per heavy atom. The number of carbonyl (C=O) groups is 2. The first-order valence-electron chi connectivity index (χ1n) is 6.43. The lowest BCUT2D eigenvalue weighted by molar-refractivity contribution is -0.137. The molecule has 1 amide bonds. The maximum atomic E-state index is 11.7. The van der Waals surface area contributed by atoms with Crippen molar-refractivity contribution in [2.75, 3.05) is 11.9 Å². The number of likely N-dealkylation sites (N-methyl/N-ethyl adjacent to an activating group) is 1. The Labute approximate surface area is 113 Å². The van der Waals surface area contributed by atoms with E-state index in [1.165, 1.54) is 0 Å². The van der Waals surface area contributed by atoms with Crippen LogP contribution in [-0.2, 0) is 21.4 Å². The summed E-state index contributed by atoms with van der Waals surface area (Å²) in [6, 6.07) is 5.99. The van der Waals surface area contributed by atoms with E-state index in [9.17, 15) is 9.59 Å². The van der Waals surface area contributed by atoms with E-state index in [1.54, 1.807) is 11.9 Å². The van der Waals surface area contributed by atoms with Gasteiger partial charge >= 0.3 is 5.97 Å². The second kappa shape index (κ2) is 4.68. The lowest BCUT2D eigenvalue weighted by Crippen LogP contribution is -2.20. The summed E-state index contributed by atoms with van der Waals surface area (Å²) in [5, 5.41) is 8.80. The molecular weight excluding hydrogens is 242 g/mol. The fourth-order valence-electron chi connectivity index (χ4n) is 2.45. The van der Waals surface area contributed by atoms with Crippen molar-refractivity contribution in [3.8, 4) is 0 Å². The third-order valence-electron chi connectivity index (χ3n) is 3.90. The predicted octanol–water partition coefficient (Wildman–Crippen LogP) is 2.35. The lowest BCUT2D eigenvalue weighted by Gasteiger charge is -2.25. The molecule has 1 aliphatic rings. The van der Waals surface area contributed by atoms with E-state index >= 15 is 0 Å². The Morgan fingerprint density at radius 3 is 2.74 bits per heavy atom. The van der Waals surface area contributed by atoms with Crippen LogP contribution in [0.2, 0.25) is 0 Å². The van der Waals surface area contributed by atoms with Gasteiger partial charge in [-0.3, -0.25) is 9.59 Å². The number of carboxylic acids is 1. The Balaban J connectivity index is 2.25. The molecule has 2 rings (SSSR count). The van der Waals surface area contributed by atoms with Gasteiger partial charge < -0.3 is 10.0 Å².